The number of nitrogen functional groups attached to an aromatic ring is 1. The smallest absolute Gasteiger partial charge is 0.248 e. The molecule has 0 radical (unpaired) electrons. The minimum Gasteiger partial charge on any atom is -0.504 e. The van der Waals surface area contributed by atoms with E-state index in [4.69, 9.17) is 10.3 Å². The van der Waals surface area contributed by atoms with Gasteiger partial charge in [0.05, 0.1) is 11.9 Å². The first-order valence-electron chi connectivity index (χ1n) is 5.74. The van der Waals surface area contributed by atoms with Crippen molar-refractivity contribution >= 4 is 5.69 Å². The highest BCUT2D eigenvalue weighted by Gasteiger charge is 2.11. The fraction of sp³-hybridized carbons (Fsp3) is 0.0833. The van der Waals surface area contributed by atoms with E-state index in [1.165, 1.54) is 18.3 Å². The number of hydrogen-bond donors (Lipinski definition) is 3. The zero-order valence-electron chi connectivity index (χ0n) is 10.3. The Bertz CT molecular complexity index is 749. The minimum absolute atomic E-state index is 0.204. The zero-order chi connectivity index (χ0) is 14.1. The van der Waals surface area contributed by atoms with Crippen molar-refractivity contribution in [3.63, 3.8) is 0 Å². The molecule has 8 nitrogen and oxygen atoms in total. The molecule has 0 saturated heterocycles. The summed E-state index contributed by atoms with van der Waals surface area (Å²) >= 11 is 0. The van der Waals surface area contributed by atoms with Gasteiger partial charge in [0.2, 0.25) is 11.7 Å². The molecule has 0 aliphatic carbocycles. The number of aromatic hydroxyl groups is 2. The molecule has 0 saturated carbocycles. The second kappa shape index (κ2) is 4.57. The molecule has 0 fully saturated rings. The number of benzene rings is 1. The van der Waals surface area contributed by atoms with Crippen molar-refractivity contribution in [1.29, 1.82) is 0 Å². The second-order valence-corrected chi connectivity index (χ2v) is 4.19. The van der Waals surface area contributed by atoms with Gasteiger partial charge in [-0.1, -0.05) is 5.16 Å². The first-order valence-corrected chi connectivity index (χ1v) is 5.74. The van der Waals surface area contributed by atoms with Crippen molar-refractivity contribution in [2.75, 3.05) is 5.73 Å². The van der Waals surface area contributed by atoms with Gasteiger partial charge in [-0.25, -0.2) is 0 Å². The molecule has 0 atom stereocenters. The lowest BCUT2D eigenvalue weighted by atomic mass is 10.2. The average molecular weight is 273 g/mol. The predicted molar refractivity (Wildman–Crippen MR) is 68.8 cm³/mol. The van der Waals surface area contributed by atoms with Crippen LogP contribution in [0.5, 0.6) is 11.5 Å². The van der Waals surface area contributed by atoms with E-state index in [1.54, 1.807) is 16.9 Å². The third kappa shape index (κ3) is 2.26. The molecule has 3 aromatic rings. The first-order chi connectivity index (χ1) is 9.61. The van der Waals surface area contributed by atoms with Crippen LogP contribution < -0.4 is 5.73 Å². The highest BCUT2D eigenvalue weighted by atomic mass is 16.5. The molecule has 8 heteroatoms. The van der Waals surface area contributed by atoms with E-state index in [2.05, 4.69) is 15.2 Å². The molecule has 3 rings (SSSR count). The molecule has 0 amide bonds. The van der Waals surface area contributed by atoms with Crippen LogP contribution in [0.1, 0.15) is 5.89 Å². The Hall–Kier alpha value is -3.03. The van der Waals surface area contributed by atoms with Gasteiger partial charge in [-0.15, -0.1) is 0 Å². The number of nitrogens with two attached hydrogens (primary N) is 1. The summed E-state index contributed by atoms with van der Waals surface area (Å²) in [4.78, 5) is 4.18. The van der Waals surface area contributed by atoms with Crippen molar-refractivity contribution in [2.24, 2.45) is 0 Å². The van der Waals surface area contributed by atoms with Gasteiger partial charge in [0.1, 0.15) is 6.54 Å². The molecule has 0 unspecified atom stereocenters. The Kier molecular flexibility index (Phi) is 2.75. The highest BCUT2D eigenvalue weighted by molar-refractivity contribution is 5.59. The maximum atomic E-state index is 9.44. The molecule has 20 heavy (non-hydrogen) atoms. The highest BCUT2D eigenvalue weighted by Crippen LogP contribution is 2.29. The molecule has 0 spiro atoms. The minimum atomic E-state index is -0.242. The number of aromatic nitrogens is 4. The summed E-state index contributed by atoms with van der Waals surface area (Å²) < 4.78 is 6.67. The van der Waals surface area contributed by atoms with Crippen LogP contribution in [0.25, 0.3) is 11.4 Å². The van der Waals surface area contributed by atoms with Gasteiger partial charge in [0, 0.05) is 11.8 Å². The van der Waals surface area contributed by atoms with Crippen molar-refractivity contribution in [2.45, 2.75) is 6.54 Å². The number of anilines is 1. The summed E-state index contributed by atoms with van der Waals surface area (Å²) in [5.41, 5.74) is 6.64. The van der Waals surface area contributed by atoms with E-state index in [0.29, 0.717) is 29.5 Å². The molecular weight excluding hydrogens is 262 g/mol. The molecule has 4 N–H and O–H groups in total. The molecule has 0 bridgehead atoms. The number of hydrogen-bond acceptors (Lipinski definition) is 7. The second-order valence-electron chi connectivity index (χ2n) is 4.19. The van der Waals surface area contributed by atoms with Crippen LogP contribution in [0.15, 0.2) is 35.1 Å². The van der Waals surface area contributed by atoms with E-state index in [0.717, 1.165) is 0 Å². The fourth-order valence-electron chi connectivity index (χ4n) is 1.70. The standard InChI is InChI=1S/C12H11N5O3/c13-8-4-14-17(5-8)6-11-15-12(16-20-11)7-1-2-9(18)10(19)3-7/h1-5,18-19H,6,13H2. The Balaban J connectivity index is 1.84. The van der Waals surface area contributed by atoms with Crippen LogP contribution in [0, 0.1) is 0 Å². The average Bonchev–Trinajstić information content (AvgIpc) is 3.03. The van der Waals surface area contributed by atoms with Crippen LogP contribution in [0.4, 0.5) is 5.69 Å². The Morgan fingerprint density at radius 2 is 2.10 bits per heavy atom. The molecule has 1 aromatic carbocycles. The van der Waals surface area contributed by atoms with Crippen molar-refractivity contribution in [3.8, 4) is 22.9 Å². The third-order valence-electron chi connectivity index (χ3n) is 2.65. The lowest BCUT2D eigenvalue weighted by Gasteiger charge is -1.98. The normalized spacial score (nSPS) is 10.8. The SMILES string of the molecule is Nc1cnn(Cc2nc(-c3ccc(O)c(O)c3)no2)c1. The monoisotopic (exact) mass is 273 g/mol. The summed E-state index contributed by atoms with van der Waals surface area (Å²) in [5.74, 6) is 0.226. The third-order valence-corrected chi connectivity index (χ3v) is 2.65. The van der Waals surface area contributed by atoms with Gasteiger partial charge in [-0.2, -0.15) is 10.1 Å². The summed E-state index contributed by atoms with van der Waals surface area (Å²) in [6.07, 6.45) is 3.17. The summed E-state index contributed by atoms with van der Waals surface area (Å²) in [7, 11) is 0. The zero-order valence-corrected chi connectivity index (χ0v) is 10.3. The Labute approximate surface area is 113 Å². The topological polar surface area (TPSA) is 123 Å². The molecular formula is C12H11N5O3. The maximum Gasteiger partial charge on any atom is 0.248 e. The van der Waals surface area contributed by atoms with Crippen molar-refractivity contribution in [3.05, 3.63) is 36.5 Å². The van der Waals surface area contributed by atoms with Gasteiger partial charge in [-0.05, 0) is 18.2 Å². The number of rotatable bonds is 3. The predicted octanol–water partition coefficient (Wildman–Crippen LogP) is 0.975. The molecule has 0 aliphatic heterocycles. The van der Waals surface area contributed by atoms with Crippen LogP contribution in [-0.2, 0) is 6.54 Å². The van der Waals surface area contributed by atoms with Crippen LogP contribution in [0.2, 0.25) is 0 Å². The van der Waals surface area contributed by atoms with E-state index >= 15 is 0 Å². The van der Waals surface area contributed by atoms with Crippen LogP contribution >= 0.6 is 0 Å². The summed E-state index contributed by atoms with van der Waals surface area (Å²) in [6, 6.07) is 4.29. The van der Waals surface area contributed by atoms with Crippen LogP contribution in [-0.4, -0.2) is 30.1 Å². The van der Waals surface area contributed by atoms with Gasteiger partial charge >= 0.3 is 0 Å². The lowest BCUT2D eigenvalue weighted by Crippen LogP contribution is -2.00. The van der Waals surface area contributed by atoms with Gasteiger partial charge in [0.25, 0.3) is 0 Å². The summed E-state index contributed by atoms with van der Waals surface area (Å²) in [6.45, 7) is 0.300. The molecule has 2 aromatic heterocycles. The van der Waals surface area contributed by atoms with E-state index in [-0.39, 0.29) is 11.5 Å². The van der Waals surface area contributed by atoms with Gasteiger partial charge in [-0.3, -0.25) is 4.68 Å². The van der Waals surface area contributed by atoms with E-state index in [9.17, 15) is 10.2 Å². The fourth-order valence-corrected chi connectivity index (χ4v) is 1.70. The number of phenols is 2. The van der Waals surface area contributed by atoms with Crippen molar-refractivity contribution < 1.29 is 14.7 Å². The van der Waals surface area contributed by atoms with Gasteiger partial charge in [0.15, 0.2) is 11.5 Å². The quantitative estimate of drug-likeness (QED) is 0.607. The van der Waals surface area contributed by atoms with Gasteiger partial charge < -0.3 is 20.5 Å². The molecule has 102 valence electrons. The van der Waals surface area contributed by atoms with E-state index < -0.39 is 0 Å². The summed E-state index contributed by atoms with van der Waals surface area (Å²) in [5, 5.41) is 26.5. The maximum absolute atomic E-state index is 9.44. The Morgan fingerprint density at radius 1 is 1.25 bits per heavy atom. The molecule has 2 heterocycles. The lowest BCUT2D eigenvalue weighted by molar-refractivity contribution is 0.366. The largest absolute Gasteiger partial charge is 0.504 e. The van der Waals surface area contributed by atoms with Crippen LogP contribution in [0.3, 0.4) is 0 Å². The number of nitrogens with zero attached hydrogens (tertiary/aromatic N) is 4. The molecule has 0 aliphatic rings. The van der Waals surface area contributed by atoms with Crippen molar-refractivity contribution in [1.82, 2.24) is 19.9 Å². The first kappa shape index (κ1) is 12.0. The van der Waals surface area contributed by atoms with E-state index in [1.807, 2.05) is 0 Å². The Morgan fingerprint density at radius 3 is 2.80 bits per heavy atom. The number of phenolic OH excluding ortho intramolecular Hbond substituents is 2.